The topological polar surface area (TPSA) is 73.0 Å². The normalized spacial score (nSPS) is 16.8. The van der Waals surface area contributed by atoms with E-state index < -0.39 is 10.0 Å². The highest BCUT2D eigenvalue weighted by Gasteiger charge is 2.31. The van der Waals surface area contributed by atoms with Crippen molar-refractivity contribution >= 4 is 27.4 Å². The highest BCUT2D eigenvalue weighted by Crippen LogP contribution is 2.32. The largest absolute Gasteiger partial charge is 0.369 e. The first-order chi connectivity index (χ1) is 15.3. The zero-order chi connectivity index (χ0) is 22.9. The third-order valence-electron chi connectivity index (χ3n) is 6.30. The summed E-state index contributed by atoms with van der Waals surface area (Å²) in [6.45, 7) is 9.63. The molecule has 1 N–H and O–H groups in total. The van der Waals surface area contributed by atoms with E-state index in [4.69, 9.17) is 0 Å². The number of fused-ring (bicyclic) bond motifs is 1. The summed E-state index contributed by atoms with van der Waals surface area (Å²) in [6.07, 6.45) is 1.54. The number of rotatable bonds is 5. The molecule has 8 heteroatoms. The Hall–Kier alpha value is -2.58. The lowest BCUT2D eigenvalue weighted by atomic mass is 10.1. The molecule has 172 valence electrons. The van der Waals surface area contributed by atoms with Crippen LogP contribution in [0.2, 0.25) is 0 Å². The van der Waals surface area contributed by atoms with E-state index in [1.165, 1.54) is 16.8 Å². The minimum atomic E-state index is -3.57. The van der Waals surface area contributed by atoms with Gasteiger partial charge in [-0.25, -0.2) is 13.2 Å². The molecule has 0 spiro atoms. The van der Waals surface area contributed by atoms with Crippen molar-refractivity contribution in [1.82, 2.24) is 9.62 Å². The fourth-order valence-electron chi connectivity index (χ4n) is 4.46. The van der Waals surface area contributed by atoms with E-state index in [1.54, 1.807) is 27.4 Å². The van der Waals surface area contributed by atoms with Gasteiger partial charge >= 0.3 is 6.03 Å². The van der Waals surface area contributed by atoms with Crippen LogP contribution < -0.4 is 15.1 Å². The molecule has 0 aromatic heterocycles. The number of nitrogens with zero attached hydrogens (tertiary/aromatic N) is 3. The lowest BCUT2D eigenvalue weighted by Gasteiger charge is -2.36. The predicted octanol–water partition coefficient (Wildman–Crippen LogP) is 3.30. The van der Waals surface area contributed by atoms with Crippen LogP contribution in [0.5, 0.6) is 0 Å². The van der Waals surface area contributed by atoms with E-state index in [0.29, 0.717) is 50.6 Å². The van der Waals surface area contributed by atoms with Crippen molar-refractivity contribution in [3.63, 3.8) is 0 Å². The maximum atomic E-state index is 13.3. The summed E-state index contributed by atoms with van der Waals surface area (Å²) in [5.41, 5.74) is 5.30. The molecule has 2 heterocycles. The van der Waals surface area contributed by atoms with Crippen molar-refractivity contribution in [2.24, 2.45) is 0 Å². The second-order valence-electron chi connectivity index (χ2n) is 8.61. The van der Waals surface area contributed by atoms with Crippen molar-refractivity contribution in [2.45, 2.75) is 38.5 Å². The molecule has 2 aliphatic rings. The van der Waals surface area contributed by atoms with Gasteiger partial charge in [-0.3, -0.25) is 4.90 Å². The number of benzene rings is 2. The fourth-order valence-corrected chi connectivity index (χ4v) is 5.93. The van der Waals surface area contributed by atoms with Gasteiger partial charge < -0.3 is 10.2 Å². The van der Waals surface area contributed by atoms with Gasteiger partial charge in [0.25, 0.3) is 0 Å². The molecule has 7 nitrogen and oxygen atoms in total. The minimum absolute atomic E-state index is 0.122. The summed E-state index contributed by atoms with van der Waals surface area (Å²) in [7, 11) is -3.57. The summed E-state index contributed by atoms with van der Waals surface area (Å²) in [5.74, 6) is 0. The van der Waals surface area contributed by atoms with Crippen LogP contribution in [0.3, 0.4) is 0 Å². The molecule has 2 aliphatic heterocycles. The Bertz CT molecular complexity index is 1110. The Morgan fingerprint density at radius 1 is 0.969 bits per heavy atom. The van der Waals surface area contributed by atoms with E-state index in [-0.39, 0.29) is 6.03 Å². The van der Waals surface area contributed by atoms with Gasteiger partial charge in [-0.05, 0) is 67.6 Å². The molecule has 2 amide bonds. The lowest BCUT2D eigenvalue weighted by molar-refractivity contribution is 0.247. The number of hydrogen-bond acceptors (Lipinski definition) is 4. The molecule has 0 bridgehead atoms. The number of anilines is 2. The molecule has 32 heavy (non-hydrogen) atoms. The summed E-state index contributed by atoms with van der Waals surface area (Å²) in [4.78, 5) is 16.7. The number of amides is 2. The molecular formula is C24H32N4O3S. The monoisotopic (exact) mass is 456 g/mol. The second-order valence-corrected chi connectivity index (χ2v) is 10.5. The van der Waals surface area contributed by atoms with Crippen molar-refractivity contribution in [2.75, 3.05) is 49.1 Å². The molecule has 4 rings (SSSR count). The molecule has 0 unspecified atom stereocenters. The summed E-state index contributed by atoms with van der Waals surface area (Å²) in [6, 6.07) is 11.4. The quantitative estimate of drug-likeness (QED) is 0.749. The SMILES string of the molecule is CCCNC(=O)N1CCc2cc(S(=O)(=O)N3CCN(c4cc(C)ccc4C)CC3)ccc21. The molecule has 2 aromatic carbocycles. The smallest absolute Gasteiger partial charge is 0.321 e. The third-order valence-corrected chi connectivity index (χ3v) is 8.19. The molecule has 0 aliphatic carbocycles. The number of sulfonamides is 1. The van der Waals surface area contributed by atoms with Gasteiger partial charge in [-0.2, -0.15) is 4.31 Å². The van der Waals surface area contributed by atoms with Crippen LogP contribution in [-0.2, 0) is 16.4 Å². The number of carbonyl (C=O) groups is 1. The number of hydrogen-bond donors (Lipinski definition) is 1. The van der Waals surface area contributed by atoms with E-state index in [2.05, 4.69) is 42.3 Å². The summed E-state index contributed by atoms with van der Waals surface area (Å²) >= 11 is 0. The minimum Gasteiger partial charge on any atom is -0.369 e. The first-order valence-corrected chi connectivity index (χ1v) is 12.8. The number of piperazine rings is 1. The lowest BCUT2D eigenvalue weighted by Crippen LogP contribution is -2.48. The number of aryl methyl sites for hydroxylation is 2. The van der Waals surface area contributed by atoms with Gasteiger partial charge in [0.05, 0.1) is 4.90 Å². The second kappa shape index (κ2) is 9.11. The highest BCUT2D eigenvalue weighted by molar-refractivity contribution is 7.89. The summed E-state index contributed by atoms with van der Waals surface area (Å²) in [5, 5.41) is 2.89. The summed E-state index contributed by atoms with van der Waals surface area (Å²) < 4.78 is 28.2. The van der Waals surface area contributed by atoms with Crippen LogP contribution in [0.15, 0.2) is 41.3 Å². The maximum Gasteiger partial charge on any atom is 0.321 e. The Balaban J connectivity index is 1.47. The van der Waals surface area contributed by atoms with Gasteiger partial charge in [0.2, 0.25) is 10.0 Å². The molecule has 0 radical (unpaired) electrons. The van der Waals surface area contributed by atoms with Crippen molar-refractivity contribution in [3.8, 4) is 0 Å². The van der Waals surface area contributed by atoms with Gasteiger partial charge in [0.1, 0.15) is 0 Å². The molecule has 0 saturated carbocycles. The van der Waals surface area contributed by atoms with E-state index in [0.717, 1.165) is 17.7 Å². The van der Waals surface area contributed by atoms with Crippen LogP contribution >= 0.6 is 0 Å². The average molecular weight is 457 g/mol. The Morgan fingerprint density at radius 3 is 2.44 bits per heavy atom. The predicted molar refractivity (Wildman–Crippen MR) is 128 cm³/mol. The molecular weight excluding hydrogens is 424 g/mol. The van der Waals surface area contributed by atoms with Gasteiger partial charge in [-0.1, -0.05) is 19.1 Å². The Labute approximate surface area is 191 Å². The van der Waals surface area contributed by atoms with Crippen LogP contribution in [-0.4, -0.2) is 58.0 Å². The number of urea groups is 1. The van der Waals surface area contributed by atoms with Crippen LogP contribution in [0, 0.1) is 13.8 Å². The molecule has 2 aromatic rings. The van der Waals surface area contributed by atoms with E-state index in [9.17, 15) is 13.2 Å². The highest BCUT2D eigenvalue weighted by atomic mass is 32.2. The Kier molecular flexibility index (Phi) is 6.44. The standard InChI is InChI=1S/C24H32N4O3S/c1-4-10-25-24(29)28-11-9-20-17-21(7-8-22(20)28)32(30,31)27-14-12-26(13-15-27)23-16-18(2)5-6-19(23)3/h5-8,16-17H,4,9-15H2,1-3H3,(H,25,29). The molecule has 0 atom stereocenters. The Morgan fingerprint density at radius 2 is 1.72 bits per heavy atom. The molecule has 1 fully saturated rings. The fraction of sp³-hybridized carbons (Fsp3) is 0.458. The number of carbonyl (C=O) groups excluding carboxylic acids is 1. The van der Waals surface area contributed by atoms with E-state index in [1.807, 2.05) is 6.92 Å². The maximum absolute atomic E-state index is 13.3. The van der Waals surface area contributed by atoms with Gasteiger partial charge in [-0.15, -0.1) is 0 Å². The van der Waals surface area contributed by atoms with Crippen molar-refractivity contribution < 1.29 is 13.2 Å². The first-order valence-electron chi connectivity index (χ1n) is 11.3. The van der Waals surface area contributed by atoms with E-state index >= 15 is 0 Å². The van der Waals surface area contributed by atoms with Crippen molar-refractivity contribution in [3.05, 3.63) is 53.1 Å². The van der Waals surface area contributed by atoms with Gasteiger partial charge in [0.15, 0.2) is 0 Å². The average Bonchev–Trinajstić information content (AvgIpc) is 3.22. The van der Waals surface area contributed by atoms with Gasteiger partial charge in [0, 0.05) is 50.6 Å². The first kappa shape index (κ1) is 22.6. The zero-order valence-corrected chi connectivity index (χ0v) is 19.9. The van der Waals surface area contributed by atoms with Crippen LogP contribution in [0.4, 0.5) is 16.2 Å². The zero-order valence-electron chi connectivity index (χ0n) is 19.1. The van der Waals surface area contributed by atoms with Crippen molar-refractivity contribution in [1.29, 1.82) is 0 Å². The third kappa shape index (κ3) is 4.34. The number of nitrogens with one attached hydrogen (secondary N) is 1. The van der Waals surface area contributed by atoms with Crippen LogP contribution in [0.1, 0.15) is 30.0 Å². The van der Waals surface area contributed by atoms with Crippen LogP contribution in [0.25, 0.3) is 0 Å². The molecule has 1 saturated heterocycles.